The van der Waals surface area contributed by atoms with Gasteiger partial charge in [0.1, 0.15) is 5.69 Å². The lowest BCUT2D eigenvalue weighted by atomic mass is 10.2. The van der Waals surface area contributed by atoms with Gasteiger partial charge in [-0.2, -0.15) is 5.10 Å². The summed E-state index contributed by atoms with van der Waals surface area (Å²) in [6, 6.07) is 0.124. The molecule has 1 aromatic rings. The van der Waals surface area contributed by atoms with Crippen molar-refractivity contribution < 1.29 is 9.53 Å². The summed E-state index contributed by atoms with van der Waals surface area (Å²) < 4.78 is 6.80. The Morgan fingerprint density at radius 2 is 2.31 bits per heavy atom. The molecule has 0 aliphatic heterocycles. The number of carbonyl (C=O) groups is 1. The monoisotopic (exact) mass is 244 g/mol. The molecule has 0 aliphatic carbocycles. The molecule has 0 fully saturated rings. The molecule has 0 aliphatic rings. The van der Waals surface area contributed by atoms with Gasteiger partial charge in [-0.25, -0.2) is 0 Å². The van der Waals surface area contributed by atoms with Gasteiger partial charge in [0.2, 0.25) is 0 Å². The van der Waals surface area contributed by atoms with E-state index in [-0.39, 0.29) is 11.8 Å². The third kappa shape index (κ3) is 3.06. The molecule has 16 heavy (non-hydrogen) atoms. The number of ketones is 1. The number of rotatable bonds is 6. The van der Waals surface area contributed by atoms with Crippen molar-refractivity contribution >= 4 is 17.4 Å². The molecule has 90 valence electrons. The van der Waals surface area contributed by atoms with Crippen molar-refractivity contribution in [3.05, 3.63) is 16.9 Å². The van der Waals surface area contributed by atoms with Gasteiger partial charge in [-0.3, -0.25) is 9.48 Å². The molecule has 0 bridgehead atoms. The van der Waals surface area contributed by atoms with Crippen molar-refractivity contribution in [2.24, 2.45) is 0 Å². The minimum absolute atomic E-state index is 0.0235. The highest BCUT2D eigenvalue weighted by Gasteiger charge is 2.18. The van der Waals surface area contributed by atoms with Crippen LogP contribution < -0.4 is 0 Å². The second-order valence-electron chi connectivity index (χ2n) is 3.75. The van der Waals surface area contributed by atoms with E-state index >= 15 is 0 Å². The first-order chi connectivity index (χ1) is 7.57. The highest BCUT2D eigenvalue weighted by atomic mass is 35.5. The average molecular weight is 245 g/mol. The molecule has 1 heterocycles. The molecule has 0 atom stereocenters. The van der Waals surface area contributed by atoms with E-state index in [9.17, 15) is 4.79 Å². The number of nitrogens with zero attached hydrogens (tertiary/aromatic N) is 2. The zero-order valence-corrected chi connectivity index (χ0v) is 10.6. The average Bonchev–Trinajstić information content (AvgIpc) is 2.60. The van der Waals surface area contributed by atoms with E-state index in [0.717, 1.165) is 0 Å². The first-order valence-corrected chi connectivity index (χ1v) is 5.79. The van der Waals surface area contributed by atoms with Gasteiger partial charge in [0.15, 0.2) is 5.78 Å². The van der Waals surface area contributed by atoms with Gasteiger partial charge >= 0.3 is 0 Å². The third-order valence-corrected chi connectivity index (χ3v) is 2.46. The Kier molecular flexibility index (Phi) is 4.96. The smallest absolute Gasteiger partial charge is 0.184 e. The predicted octanol–water partition coefficient (Wildman–Crippen LogP) is 2.73. The summed E-state index contributed by atoms with van der Waals surface area (Å²) in [7, 11) is 0. The Balaban J connectivity index is 2.77. The van der Waals surface area contributed by atoms with Crippen LogP contribution >= 0.6 is 11.6 Å². The van der Waals surface area contributed by atoms with Crippen molar-refractivity contribution in [2.75, 3.05) is 13.2 Å². The molecule has 0 N–H and O–H groups in total. The summed E-state index contributed by atoms with van der Waals surface area (Å²) in [5, 5.41) is 4.50. The summed E-state index contributed by atoms with van der Waals surface area (Å²) in [6.07, 6.45) is 1.85. The van der Waals surface area contributed by atoms with Crippen LogP contribution in [0.25, 0.3) is 0 Å². The number of hydrogen-bond donors (Lipinski definition) is 0. The van der Waals surface area contributed by atoms with Crippen LogP contribution in [0.4, 0.5) is 0 Å². The molecule has 5 heteroatoms. The highest BCUT2D eigenvalue weighted by Crippen LogP contribution is 2.20. The molecule has 0 amide bonds. The maximum absolute atomic E-state index is 11.9. The number of carbonyl (C=O) groups excluding carboxylic acids is 1. The molecule has 0 saturated heterocycles. The van der Waals surface area contributed by atoms with E-state index in [0.29, 0.717) is 30.4 Å². The van der Waals surface area contributed by atoms with E-state index < -0.39 is 0 Å². The van der Waals surface area contributed by atoms with E-state index in [2.05, 4.69) is 5.10 Å². The van der Waals surface area contributed by atoms with Crippen molar-refractivity contribution in [1.82, 2.24) is 9.78 Å². The zero-order valence-electron chi connectivity index (χ0n) is 9.86. The Labute approximate surface area is 101 Å². The SMILES string of the molecule is CCOCCC(=O)c1c(Cl)cnn1C(C)C. The molecule has 1 rings (SSSR count). The Morgan fingerprint density at radius 1 is 1.62 bits per heavy atom. The lowest BCUT2D eigenvalue weighted by molar-refractivity contribution is 0.0884. The van der Waals surface area contributed by atoms with Crippen LogP contribution in [0.5, 0.6) is 0 Å². The molecule has 0 unspecified atom stereocenters. The van der Waals surface area contributed by atoms with Gasteiger partial charge < -0.3 is 4.74 Å². The Bertz CT molecular complexity index is 361. The van der Waals surface area contributed by atoms with Gasteiger partial charge in [-0.1, -0.05) is 11.6 Å². The third-order valence-electron chi connectivity index (χ3n) is 2.18. The largest absolute Gasteiger partial charge is 0.381 e. The van der Waals surface area contributed by atoms with Crippen molar-refractivity contribution in [2.45, 2.75) is 33.2 Å². The quantitative estimate of drug-likeness (QED) is 0.571. The molecule has 0 spiro atoms. The first kappa shape index (κ1) is 13.2. The Morgan fingerprint density at radius 3 is 2.88 bits per heavy atom. The lowest BCUT2D eigenvalue weighted by Crippen LogP contribution is -2.14. The number of aromatic nitrogens is 2. The fraction of sp³-hybridized carbons (Fsp3) is 0.636. The Hall–Kier alpha value is -0.870. The minimum atomic E-state index is -0.0235. The number of Topliss-reactive ketones (excluding diaryl/α,β-unsaturated/α-hetero) is 1. The van der Waals surface area contributed by atoms with Gasteiger partial charge in [0.25, 0.3) is 0 Å². The van der Waals surface area contributed by atoms with E-state index in [1.165, 1.54) is 6.20 Å². The first-order valence-electron chi connectivity index (χ1n) is 5.41. The number of halogens is 1. The van der Waals surface area contributed by atoms with E-state index in [1.54, 1.807) is 4.68 Å². The fourth-order valence-corrected chi connectivity index (χ4v) is 1.66. The van der Waals surface area contributed by atoms with Crippen LogP contribution in [-0.4, -0.2) is 28.8 Å². The molecule has 1 aromatic heterocycles. The fourth-order valence-electron chi connectivity index (χ4n) is 1.42. The summed E-state index contributed by atoms with van der Waals surface area (Å²) in [5.74, 6) is -0.0235. The molecular weight excluding hydrogens is 228 g/mol. The second kappa shape index (κ2) is 6.01. The van der Waals surface area contributed by atoms with Crippen molar-refractivity contribution in [1.29, 1.82) is 0 Å². The zero-order chi connectivity index (χ0) is 12.1. The van der Waals surface area contributed by atoms with Crippen LogP contribution in [0.2, 0.25) is 5.02 Å². The second-order valence-corrected chi connectivity index (χ2v) is 4.16. The number of hydrogen-bond acceptors (Lipinski definition) is 3. The van der Waals surface area contributed by atoms with Gasteiger partial charge in [0.05, 0.1) is 17.8 Å². The topological polar surface area (TPSA) is 44.1 Å². The van der Waals surface area contributed by atoms with Crippen molar-refractivity contribution in [3.8, 4) is 0 Å². The van der Waals surface area contributed by atoms with Crippen molar-refractivity contribution in [3.63, 3.8) is 0 Å². The standard InChI is InChI=1S/C11H17ClN2O2/c1-4-16-6-5-10(15)11-9(12)7-13-14(11)8(2)3/h7-8H,4-6H2,1-3H3. The molecular formula is C11H17ClN2O2. The van der Waals surface area contributed by atoms with Crippen LogP contribution in [0.3, 0.4) is 0 Å². The highest BCUT2D eigenvalue weighted by molar-refractivity contribution is 6.33. The summed E-state index contributed by atoms with van der Waals surface area (Å²) in [4.78, 5) is 11.9. The van der Waals surface area contributed by atoms with Gasteiger partial charge in [-0.15, -0.1) is 0 Å². The summed E-state index contributed by atoms with van der Waals surface area (Å²) in [5.41, 5.74) is 0.483. The predicted molar refractivity (Wildman–Crippen MR) is 63.1 cm³/mol. The van der Waals surface area contributed by atoms with E-state index in [1.807, 2.05) is 20.8 Å². The van der Waals surface area contributed by atoms with Crippen LogP contribution in [-0.2, 0) is 4.74 Å². The maximum Gasteiger partial charge on any atom is 0.184 e. The maximum atomic E-state index is 11.9. The number of ether oxygens (including phenoxy) is 1. The normalized spacial score (nSPS) is 11.1. The molecule has 0 radical (unpaired) electrons. The molecule has 0 saturated carbocycles. The lowest BCUT2D eigenvalue weighted by Gasteiger charge is -2.10. The van der Waals surface area contributed by atoms with Crippen LogP contribution in [0.15, 0.2) is 6.20 Å². The summed E-state index contributed by atoms with van der Waals surface area (Å²) >= 11 is 5.95. The van der Waals surface area contributed by atoms with Gasteiger partial charge in [-0.05, 0) is 20.8 Å². The molecule has 0 aromatic carbocycles. The summed E-state index contributed by atoms with van der Waals surface area (Å²) in [6.45, 7) is 6.86. The molecule has 4 nitrogen and oxygen atoms in total. The van der Waals surface area contributed by atoms with Crippen LogP contribution in [0, 0.1) is 0 Å². The van der Waals surface area contributed by atoms with E-state index in [4.69, 9.17) is 16.3 Å². The minimum Gasteiger partial charge on any atom is -0.381 e. The van der Waals surface area contributed by atoms with Gasteiger partial charge in [0, 0.05) is 19.1 Å². The van der Waals surface area contributed by atoms with Crippen LogP contribution in [0.1, 0.15) is 43.7 Å².